The Balaban J connectivity index is 2.71. The molecule has 0 bridgehead atoms. The van der Waals surface area contributed by atoms with Crippen molar-refractivity contribution in [1.29, 1.82) is 0 Å². The highest BCUT2D eigenvalue weighted by molar-refractivity contribution is 6.21. The molecule has 1 unspecified atom stereocenters. The highest BCUT2D eigenvalue weighted by Gasteiger charge is 2.33. The number of rotatable bonds is 5. The molecule has 0 radical (unpaired) electrons. The number of nitrogens with one attached hydrogen (secondary N) is 1. The standard InChI is InChI=1S/C11H13ClF3NO/c1-17-7-8(12)6-16-10-5-3-2-4-9(10)11(13,14)15/h2-5,8,16H,6-7H2,1H3. The maximum atomic E-state index is 12.6. The molecule has 0 heterocycles. The fourth-order valence-corrected chi connectivity index (χ4v) is 1.55. The third-order valence-corrected chi connectivity index (χ3v) is 2.37. The first-order chi connectivity index (χ1) is 7.95. The fourth-order valence-electron chi connectivity index (χ4n) is 1.34. The summed E-state index contributed by atoms with van der Waals surface area (Å²) in [7, 11) is 1.49. The van der Waals surface area contributed by atoms with Gasteiger partial charge in [0.2, 0.25) is 0 Å². The highest BCUT2D eigenvalue weighted by atomic mass is 35.5. The summed E-state index contributed by atoms with van der Waals surface area (Å²) in [5.41, 5.74) is -0.664. The van der Waals surface area contributed by atoms with E-state index in [0.717, 1.165) is 6.07 Å². The number of methoxy groups -OCH3 is 1. The first kappa shape index (κ1) is 14.1. The Kier molecular flexibility index (Phi) is 5.08. The zero-order valence-electron chi connectivity index (χ0n) is 9.22. The van der Waals surface area contributed by atoms with Crippen molar-refractivity contribution >= 4 is 17.3 Å². The third kappa shape index (κ3) is 4.44. The second-order valence-corrected chi connectivity index (χ2v) is 4.09. The summed E-state index contributed by atoms with van der Waals surface area (Å²) in [5.74, 6) is 0. The van der Waals surface area contributed by atoms with Crippen molar-refractivity contribution < 1.29 is 17.9 Å². The summed E-state index contributed by atoms with van der Waals surface area (Å²) >= 11 is 5.83. The second kappa shape index (κ2) is 6.12. The number of anilines is 1. The van der Waals surface area contributed by atoms with E-state index in [0.29, 0.717) is 0 Å². The van der Waals surface area contributed by atoms with Crippen molar-refractivity contribution in [3.05, 3.63) is 29.8 Å². The van der Waals surface area contributed by atoms with Gasteiger partial charge in [0.15, 0.2) is 0 Å². The molecular formula is C11H13ClF3NO. The summed E-state index contributed by atoms with van der Waals surface area (Å²) in [6.07, 6.45) is -4.37. The number of halogens is 4. The van der Waals surface area contributed by atoms with E-state index in [9.17, 15) is 13.2 Å². The van der Waals surface area contributed by atoms with Gasteiger partial charge in [0.1, 0.15) is 0 Å². The Morgan fingerprint density at radius 2 is 2.00 bits per heavy atom. The Morgan fingerprint density at radius 3 is 2.59 bits per heavy atom. The van der Waals surface area contributed by atoms with Crippen LogP contribution < -0.4 is 5.32 Å². The van der Waals surface area contributed by atoms with E-state index in [2.05, 4.69) is 5.32 Å². The van der Waals surface area contributed by atoms with Crippen LogP contribution in [0.5, 0.6) is 0 Å². The molecule has 0 spiro atoms. The maximum Gasteiger partial charge on any atom is 0.418 e. The molecule has 2 nitrogen and oxygen atoms in total. The summed E-state index contributed by atoms with van der Waals surface area (Å²) in [6, 6.07) is 5.29. The maximum absolute atomic E-state index is 12.6. The number of ether oxygens (including phenoxy) is 1. The molecule has 96 valence electrons. The van der Waals surface area contributed by atoms with Crippen LogP contribution in [-0.4, -0.2) is 25.6 Å². The van der Waals surface area contributed by atoms with E-state index < -0.39 is 11.7 Å². The Bertz CT molecular complexity index is 357. The number of benzene rings is 1. The lowest BCUT2D eigenvalue weighted by Crippen LogP contribution is -2.20. The van der Waals surface area contributed by atoms with Gasteiger partial charge in [-0.05, 0) is 12.1 Å². The largest absolute Gasteiger partial charge is 0.418 e. The molecule has 0 saturated carbocycles. The number of hydrogen-bond donors (Lipinski definition) is 1. The van der Waals surface area contributed by atoms with Crippen LogP contribution in [0.4, 0.5) is 18.9 Å². The molecule has 0 fully saturated rings. The first-order valence-electron chi connectivity index (χ1n) is 4.98. The predicted octanol–water partition coefficient (Wildman–Crippen LogP) is 3.37. The molecule has 1 aromatic carbocycles. The minimum atomic E-state index is -4.37. The predicted molar refractivity (Wildman–Crippen MR) is 61.5 cm³/mol. The molecule has 0 aromatic heterocycles. The second-order valence-electron chi connectivity index (χ2n) is 3.48. The highest BCUT2D eigenvalue weighted by Crippen LogP contribution is 2.34. The zero-order valence-corrected chi connectivity index (χ0v) is 9.98. The van der Waals surface area contributed by atoms with Crippen LogP contribution in [0.15, 0.2) is 24.3 Å². The van der Waals surface area contributed by atoms with Gasteiger partial charge >= 0.3 is 6.18 Å². The minimum absolute atomic E-state index is 0.0294. The van der Waals surface area contributed by atoms with Crippen LogP contribution in [0, 0.1) is 0 Å². The van der Waals surface area contributed by atoms with Gasteiger partial charge in [-0.15, -0.1) is 11.6 Å². The normalized spacial score (nSPS) is 13.5. The van der Waals surface area contributed by atoms with Crippen LogP contribution in [0.3, 0.4) is 0 Å². The van der Waals surface area contributed by atoms with Gasteiger partial charge in [0, 0.05) is 19.3 Å². The van der Waals surface area contributed by atoms with Crippen molar-refractivity contribution in [2.75, 3.05) is 25.6 Å². The topological polar surface area (TPSA) is 21.3 Å². The lowest BCUT2D eigenvalue weighted by atomic mass is 10.1. The van der Waals surface area contributed by atoms with Crippen molar-refractivity contribution in [3.63, 3.8) is 0 Å². The van der Waals surface area contributed by atoms with Gasteiger partial charge in [-0.1, -0.05) is 12.1 Å². The molecule has 0 aliphatic carbocycles. The van der Waals surface area contributed by atoms with E-state index >= 15 is 0 Å². The van der Waals surface area contributed by atoms with Crippen LogP contribution in [0.2, 0.25) is 0 Å². The molecule has 1 N–H and O–H groups in total. The lowest BCUT2D eigenvalue weighted by molar-refractivity contribution is -0.136. The van der Waals surface area contributed by atoms with E-state index in [1.807, 2.05) is 0 Å². The Hall–Kier alpha value is -0.940. The molecule has 1 atom stereocenters. The van der Waals surface area contributed by atoms with Crippen LogP contribution in [0.1, 0.15) is 5.56 Å². The molecule has 1 rings (SSSR count). The average Bonchev–Trinajstić information content (AvgIpc) is 2.26. The Morgan fingerprint density at radius 1 is 1.35 bits per heavy atom. The lowest BCUT2D eigenvalue weighted by Gasteiger charge is -2.16. The van der Waals surface area contributed by atoms with Crippen LogP contribution in [0.25, 0.3) is 0 Å². The number of hydrogen-bond acceptors (Lipinski definition) is 2. The van der Waals surface area contributed by atoms with Gasteiger partial charge in [-0.2, -0.15) is 13.2 Å². The quantitative estimate of drug-likeness (QED) is 0.826. The van der Waals surface area contributed by atoms with Crippen molar-refractivity contribution in [1.82, 2.24) is 0 Å². The zero-order chi connectivity index (χ0) is 12.9. The molecule has 0 amide bonds. The van der Waals surface area contributed by atoms with Gasteiger partial charge in [-0.25, -0.2) is 0 Å². The molecular weight excluding hydrogens is 255 g/mol. The number of alkyl halides is 4. The molecule has 0 aliphatic heterocycles. The molecule has 0 aliphatic rings. The van der Waals surface area contributed by atoms with Gasteiger partial charge in [-0.3, -0.25) is 0 Å². The summed E-state index contributed by atoms with van der Waals surface area (Å²) in [6.45, 7) is 0.491. The average molecular weight is 268 g/mol. The SMILES string of the molecule is COCC(Cl)CNc1ccccc1C(F)(F)F. The van der Waals surface area contributed by atoms with Crippen LogP contribution in [-0.2, 0) is 10.9 Å². The van der Waals surface area contributed by atoms with Crippen molar-refractivity contribution in [2.24, 2.45) is 0 Å². The van der Waals surface area contributed by atoms with Gasteiger partial charge < -0.3 is 10.1 Å². The summed E-state index contributed by atoms with van der Waals surface area (Å²) in [5, 5.41) is 2.30. The Labute approximate surface area is 103 Å². The van der Waals surface area contributed by atoms with E-state index in [-0.39, 0.29) is 24.2 Å². The van der Waals surface area contributed by atoms with Crippen LogP contribution >= 0.6 is 11.6 Å². The van der Waals surface area contributed by atoms with E-state index in [4.69, 9.17) is 16.3 Å². The first-order valence-corrected chi connectivity index (χ1v) is 5.42. The summed E-state index contributed by atoms with van der Waals surface area (Å²) in [4.78, 5) is 0. The summed E-state index contributed by atoms with van der Waals surface area (Å²) < 4.78 is 42.7. The smallest absolute Gasteiger partial charge is 0.383 e. The monoisotopic (exact) mass is 267 g/mol. The van der Waals surface area contributed by atoms with Gasteiger partial charge in [0.25, 0.3) is 0 Å². The fraction of sp³-hybridized carbons (Fsp3) is 0.455. The number of para-hydroxylation sites is 1. The third-order valence-electron chi connectivity index (χ3n) is 2.09. The molecule has 17 heavy (non-hydrogen) atoms. The van der Waals surface area contributed by atoms with E-state index in [1.165, 1.54) is 25.3 Å². The van der Waals surface area contributed by atoms with E-state index in [1.54, 1.807) is 0 Å². The molecule has 1 aromatic rings. The molecule has 0 saturated heterocycles. The van der Waals surface area contributed by atoms with Gasteiger partial charge in [0.05, 0.1) is 17.5 Å². The van der Waals surface area contributed by atoms with Crippen molar-refractivity contribution in [3.8, 4) is 0 Å². The minimum Gasteiger partial charge on any atom is -0.383 e. The molecule has 6 heteroatoms. The van der Waals surface area contributed by atoms with Crippen molar-refractivity contribution in [2.45, 2.75) is 11.6 Å².